The Hall–Kier alpha value is -2.76. The molecule has 0 aliphatic rings. The van der Waals surface area contributed by atoms with E-state index in [0.717, 1.165) is 41.0 Å². The number of benzene rings is 3. The van der Waals surface area contributed by atoms with Crippen LogP contribution in [0.1, 0.15) is 49.3 Å². The second-order valence-electron chi connectivity index (χ2n) is 9.26. The Balaban J connectivity index is 1.76. The van der Waals surface area contributed by atoms with Crippen molar-refractivity contribution in [2.45, 2.75) is 63.4 Å². The Labute approximate surface area is 230 Å². The van der Waals surface area contributed by atoms with Gasteiger partial charge >= 0.3 is 0 Å². The lowest BCUT2D eigenvalue weighted by Gasteiger charge is -2.31. The van der Waals surface area contributed by atoms with Crippen molar-refractivity contribution in [3.63, 3.8) is 0 Å². The first-order chi connectivity index (χ1) is 18.0. The van der Waals surface area contributed by atoms with Crippen molar-refractivity contribution in [3.8, 4) is 0 Å². The number of amides is 2. The highest BCUT2D eigenvalue weighted by Crippen LogP contribution is 2.22. The highest BCUT2D eigenvalue weighted by molar-refractivity contribution is 7.99. The van der Waals surface area contributed by atoms with Crippen LogP contribution < -0.4 is 5.32 Å². The number of nitrogens with zero attached hydrogens (tertiary/aromatic N) is 1. The van der Waals surface area contributed by atoms with E-state index in [0.29, 0.717) is 31.0 Å². The topological polar surface area (TPSA) is 49.4 Å². The number of halogens is 1. The van der Waals surface area contributed by atoms with Gasteiger partial charge < -0.3 is 10.2 Å². The SMILES string of the molecule is CCCCNC(=O)[C@H](Cc1ccccc1)N(Cc1ccc(C)cc1)C(=O)CCCSc1ccc(Cl)cc1. The molecule has 0 aromatic heterocycles. The van der Waals surface area contributed by atoms with Crippen LogP contribution >= 0.6 is 23.4 Å². The van der Waals surface area contributed by atoms with Gasteiger partial charge in [0.15, 0.2) is 0 Å². The van der Waals surface area contributed by atoms with E-state index in [-0.39, 0.29) is 11.8 Å². The van der Waals surface area contributed by atoms with Crippen molar-refractivity contribution < 1.29 is 9.59 Å². The maximum absolute atomic E-state index is 13.7. The van der Waals surface area contributed by atoms with E-state index in [4.69, 9.17) is 11.6 Å². The summed E-state index contributed by atoms with van der Waals surface area (Å²) in [6, 6.07) is 25.3. The van der Waals surface area contributed by atoms with Crippen molar-refractivity contribution in [1.82, 2.24) is 10.2 Å². The summed E-state index contributed by atoms with van der Waals surface area (Å²) in [6.45, 7) is 5.17. The molecule has 0 saturated heterocycles. The molecule has 0 radical (unpaired) electrons. The molecule has 0 saturated carbocycles. The zero-order valence-corrected chi connectivity index (χ0v) is 23.4. The molecule has 2 amide bonds. The second-order valence-corrected chi connectivity index (χ2v) is 10.9. The molecule has 0 unspecified atom stereocenters. The summed E-state index contributed by atoms with van der Waals surface area (Å²) < 4.78 is 0. The van der Waals surface area contributed by atoms with E-state index in [1.807, 2.05) is 85.8 Å². The van der Waals surface area contributed by atoms with Gasteiger partial charge in [-0.2, -0.15) is 0 Å². The normalized spacial score (nSPS) is 11.6. The fourth-order valence-electron chi connectivity index (χ4n) is 4.04. The fourth-order valence-corrected chi connectivity index (χ4v) is 5.02. The molecule has 1 atom stereocenters. The standard InChI is InChI=1S/C31H37ClN2O2S/c1-3-4-20-33-31(36)29(22-25-9-6-5-7-10-25)34(23-26-14-12-24(2)13-15-26)30(35)11-8-21-37-28-18-16-27(32)17-19-28/h5-7,9-10,12-19,29H,3-4,8,11,20-23H2,1-2H3,(H,33,36)/t29-/m0/s1. The summed E-state index contributed by atoms with van der Waals surface area (Å²) in [4.78, 5) is 30.0. The van der Waals surface area contributed by atoms with Crippen molar-refractivity contribution in [3.05, 3.63) is 101 Å². The van der Waals surface area contributed by atoms with Gasteiger partial charge in [0, 0.05) is 35.8 Å². The lowest BCUT2D eigenvalue weighted by molar-refractivity contribution is -0.141. The Morgan fingerprint density at radius 3 is 2.30 bits per heavy atom. The quantitative estimate of drug-likeness (QED) is 0.177. The van der Waals surface area contributed by atoms with Gasteiger partial charge in [0.05, 0.1) is 0 Å². The van der Waals surface area contributed by atoms with Crippen LogP contribution in [0, 0.1) is 6.92 Å². The van der Waals surface area contributed by atoms with Crippen molar-refractivity contribution >= 4 is 35.2 Å². The van der Waals surface area contributed by atoms with Crippen LogP contribution in [0.2, 0.25) is 5.02 Å². The van der Waals surface area contributed by atoms with Crippen LogP contribution in [-0.2, 0) is 22.6 Å². The average Bonchev–Trinajstić information content (AvgIpc) is 2.91. The van der Waals surface area contributed by atoms with E-state index >= 15 is 0 Å². The molecular weight excluding hydrogens is 500 g/mol. The van der Waals surface area contributed by atoms with Crippen molar-refractivity contribution in [2.75, 3.05) is 12.3 Å². The third-order valence-electron chi connectivity index (χ3n) is 6.19. The van der Waals surface area contributed by atoms with Crippen LogP contribution in [0.5, 0.6) is 0 Å². The van der Waals surface area contributed by atoms with Crippen LogP contribution in [0.4, 0.5) is 0 Å². The molecule has 0 aliphatic carbocycles. The van der Waals surface area contributed by atoms with Gasteiger partial charge in [-0.25, -0.2) is 0 Å². The molecule has 0 aliphatic heterocycles. The number of carbonyl (C=O) groups excluding carboxylic acids is 2. The van der Waals surface area contributed by atoms with Crippen LogP contribution in [0.15, 0.2) is 83.8 Å². The lowest BCUT2D eigenvalue weighted by Crippen LogP contribution is -2.50. The fraction of sp³-hybridized carbons (Fsp3) is 0.355. The number of hydrogen-bond acceptors (Lipinski definition) is 3. The molecule has 0 spiro atoms. The molecule has 37 heavy (non-hydrogen) atoms. The third kappa shape index (κ3) is 9.90. The first kappa shape index (κ1) is 28.8. The van der Waals surface area contributed by atoms with Gasteiger partial charge in [-0.15, -0.1) is 11.8 Å². The summed E-state index contributed by atoms with van der Waals surface area (Å²) in [5.74, 6) is 0.731. The summed E-state index contributed by atoms with van der Waals surface area (Å²) in [5, 5.41) is 3.80. The zero-order chi connectivity index (χ0) is 26.5. The second kappa shape index (κ2) is 15.5. The Bertz CT molecular complexity index is 1100. The molecule has 6 heteroatoms. The van der Waals surface area contributed by atoms with E-state index in [2.05, 4.69) is 12.2 Å². The minimum Gasteiger partial charge on any atom is -0.354 e. The van der Waals surface area contributed by atoms with E-state index in [1.165, 1.54) is 5.56 Å². The molecule has 3 aromatic rings. The van der Waals surface area contributed by atoms with Gasteiger partial charge in [-0.1, -0.05) is 85.1 Å². The van der Waals surface area contributed by atoms with Gasteiger partial charge in [0.2, 0.25) is 11.8 Å². The minimum atomic E-state index is -0.572. The molecule has 4 nitrogen and oxygen atoms in total. The average molecular weight is 537 g/mol. The number of thioether (sulfide) groups is 1. The summed E-state index contributed by atoms with van der Waals surface area (Å²) >= 11 is 7.70. The highest BCUT2D eigenvalue weighted by atomic mass is 35.5. The van der Waals surface area contributed by atoms with Crippen LogP contribution in [0.3, 0.4) is 0 Å². The van der Waals surface area contributed by atoms with Crippen LogP contribution in [-0.4, -0.2) is 35.1 Å². The van der Waals surface area contributed by atoms with Crippen molar-refractivity contribution in [1.29, 1.82) is 0 Å². The van der Waals surface area contributed by atoms with Gasteiger partial charge in [0.25, 0.3) is 0 Å². The Morgan fingerprint density at radius 1 is 0.919 bits per heavy atom. The number of nitrogens with one attached hydrogen (secondary N) is 1. The molecule has 0 bridgehead atoms. The van der Waals surface area contributed by atoms with Crippen molar-refractivity contribution in [2.24, 2.45) is 0 Å². The Kier molecular flexibility index (Phi) is 12.1. The van der Waals surface area contributed by atoms with E-state index in [9.17, 15) is 9.59 Å². The maximum atomic E-state index is 13.7. The number of rotatable bonds is 14. The molecule has 3 rings (SSSR count). The largest absolute Gasteiger partial charge is 0.354 e. The van der Waals surface area contributed by atoms with Gasteiger partial charge in [-0.3, -0.25) is 9.59 Å². The number of hydrogen-bond donors (Lipinski definition) is 1. The minimum absolute atomic E-state index is 0.00357. The van der Waals surface area contributed by atoms with Gasteiger partial charge in [-0.05, 0) is 60.9 Å². The van der Waals surface area contributed by atoms with E-state index < -0.39 is 6.04 Å². The smallest absolute Gasteiger partial charge is 0.243 e. The number of unbranched alkanes of at least 4 members (excludes halogenated alkanes) is 1. The van der Waals surface area contributed by atoms with E-state index in [1.54, 1.807) is 16.7 Å². The summed E-state index contributed by atoms with van der Waals surface area (Å²) in [5.41, 5.74) is 3.23. The summed E-state index contributed by atoms with van der Waals surface area (Å²) in [7, 11) is 0. The third-order valence-corrected chi connectivity index (χ3v) is 7.54. The highest BCUT2D eigenvalue weighted by Gasteiger charge is 2.30. The molecular formula is C31H37ClN2O2S. The molecule has 3 aromatic carbocycles. The zero-order valence-electron chi connectivity index (χ0n) is 21.8. The van der Waals surface area contributed by atoms with Gasteiger partial charge in [0.1, 0.15) is 6.04 Å². The lowest BCUT2D eigenvalue weighted by atomic mass is 10.0. The molecule has 0 heterocycles. The number of aryl methyl sites for hydroxylation is 1. The molecule has 1 N–H and O–H groups in total. The van der Waals surface area contributed by atoms with Crippen LogP contribution in [0.25, 0.3) is 0 Å². The molecule has 196 valence electrons. The predicted octanol–water partition coefficient (Wildman–Crippen LogP) is 7.08. The predicted molar refractivity (Wildman–Crippen MR) is 155 cm³/mol. The molecule has 0 fully saturated rings. The first-order valence-electron chi connectivity index (χ1n) is 13.0. The monoisotopic (exact) mass is 536 g/mol. The Morgan fingerprint density at radius 2 is 1.62 bits per heavy atom. The number of carbonyl (C=O) groups is 2. The summed E-state index contributed by atoms with van der Waals surface area (Å²) in [6.07, 6.45) is 3.51. The first-order valence-corrected chi connectivity index (χ1v) is 14.4. The maximum Gasteiger partial charge on any atom is 0.243 e.